The maximum atomic E-state index is 12.6. The first kappa shape index (κ1) is 24.2. The van der Waals surface area contributed by atoms with E-state index in [-0.39, 0.29) is 17.2 Å². The van der Waals surface area contributed by atoms with Crippen LogP contribution in [0, 0.1) is 11.3 Å². The number of hydrogen-bond donors (Lipinski definition) is 1. The molecule has 1 aliphatic rings. The molecule has 1 fully saturated rings. The Hall–Kier alpha value is -2.04. The molecule has 2 rings (SSSR count). The normalized spacial score (nSPS) is 15.8. The van der Waals surface area contributed by atoms with E-state index in [4.69, 9.17) is 0 Å². The lowest BCUT2D eigenvalue weighted by molar-refractivity contribution is -0.132. The number of nitrogens with one attached hydrogen (secondary N) is 1. The zero-order chi connectivity index (χ0) is 22.1. The van der Waals surface area contributed by atoms with Crippen molar-refractivity contribution in [2.45, 2.75) is 73.1 Å². The average molecular weight is 416 g/mol. The number of hydrogen-bond acceptors (Lipinski definition) is 3. The molecule has 0 saturated carbocycles. The first-order valence-corrected chi connectivity index (χ1v) is 11.6. The van der Waals surface area contributed by atoms with Crippen molar-refractivity contribution in [1.82, 2.24) is 4.90 Å². The Balaban J connectivity index is 1.78. The highest BCUT2D eigenvalue weighted by Crippen LogP contribution is 2.27. The van der Waals surface area contributed by atoms with Crippen molar-refractivity contribution in [3.63, 3.8) is 0 Å². The summed E-state index contributed by atoms with van der Waals surface area (Å²) >= 11 is 0. The Morgan fingerprint density at radius 3 is 2.23 bits per heavy atom. The van der Waals surface area contributed by atoms with Crippen LogP contribution in [0.4, 0.5) is 11.4 Å². The molecule has 1 aromatic carbocycles. The lowest BCUT2D eigenvalue weighted by Gasteiger charge is -2.37. The zero-order valence-corrected chi connectivity index (χ0v) is 19.7. The van der Waals surface area contributed by atoms with Gasteiger partial charge in [-0.25, -0.2) is 0 Å². The molecule has 5 nitrogen and oxygen atoms in total. The molecule has 0 aliphatic carbocycles. The predicted octanol–water partition coefficient (Wildman–Crippen LogP) is 5.32. The maximum Gasteiger partial charge on any atom is 0.224 e. The SMILES string of the molecule is CCCCCC(=O)Nc1ccc(N2CCN(C(=O)C[C@@H](C)CC(C)(C)C)CC2)cc1. The molecule has 1 aliphatic heterocycles. The smallest absolute Gasteiger partial charge is 0.224 e. The molecule has 1 atom stereocenters. The summed E-state index contributed by atoms with van der Waals surface area (Å²) in [6.07, 6.45) is 5.45. The van der Waals surface area contributed by atoms with Crippen LogP contribution in [0.1, 0.15) is 73.1 Å². The van der Waals surface area contributed by atoms with Crippen LogP contribution in [0.25, 0.3) is 0 Å². The van der Waals surface area contributed by atoms with Crippen molar-refractivity contribution in [3.05, 3.63) is 24.3 Å². The Labute approximate surface area is 183 Å². The van der Waals surface area contributed by atoms with E-state index < -0.39 is 0 Å². The molecule has 30 heavy (non-hydrogen) atoms. The van der Waals surface area contributed by atoms with Crippen molar-refractivity contribution >= 4 is 23.2 Å². The van der Waals surface area contributed by atoms with Gasteiger partial charge in [-0.3, -0.25) is 9.59 Å². The summed E-state index contributed by atoms with van der Waals surface area (Å²) in [5.74, 6) is 0.789. The first-order valence-electron chi connectivity index (χ1n) is 11.6. The lowest BCUT2D eigenvalue weighted by Crippen LogP contribution is -2.49. The molecule has 2 amide bonds. The van der Waals surface area contributed by atoms with Crippen LogP contribution in [0.3, 0.4) is 0 Å². The van der Waals surface area contributed by atoms with Crippen LogP contribution >= 0.6 is 0 Å². The van der Waals surface area contributed by atoms with E-state index >= 15 is 0 Å². The van der Waals surface area contributed by atoms with E-state index in [0.717, 1.165) is 63.2 Å². The summed E-state index contributed by atoms with van der Waals surface area (Å²) in [5, 5.41) is 2.98. The van der Waals surface area contributed by atoms with E-state index in [1.165, 1.54) is 0 Å². The minimum Gasteiger partial charge on any atom is -0.368 e. The monoisotopic (exact) mass is 415 g/mol. The summed E-state index contributed by atoms with van der Waals surface area (Å²) in [6.45, 7) is 14.3. The second-order valence-electron chi connectivity index (χ2n) is 9.99. The van der Waals surface area contributed by atoms with Crippen LogP contribution in [-0.2, 0) is 9.59 Å². The number of amides is 2. The molecule has 0 aromatic heterocycles. The van der Waals surface area contributed by atoms with Gasteiger partial charge in [0.15, 0.2) is 0 Å². The number of benzene rings is 1. The van der Waals surface area contributed by atoms with Gasteiger partial charge in [-0.05, 0) is 48.4 Å². The molecular weight excluding hydrogens is 374 g/mol. The third-order valence-corrected chi connectivity index (χ3v) is 5.64. The van der Waals surface area contributed by atoms with E-state index in [2.05, 4.69) is 57.0 Å². The summed E-state index contributed by atoms with van der Waals surface area (Å²) in [7, 11) is 0. The second-order valence-corrected chi connectivity index (χ2v) is 9.99. The van der Waals surface area contributed by atoms with E-state index in [0.29, 0.717) is 18.8 Å². The van der Waals surface area contributed by atoms with Gasteiger partial charge in [0.2, 0.25) is 11.8 Å². The van der Waals surface area contributed by atoms with Gasteiger partial charge >= 0.3 is 0 Å². The largest absolute Gasteiger partial charge is 0.368 e. The number of carbonyl (C=O) groups excluding carboxylic acids is 2. The van der Waals surface area contributed by atoms with Crippen molar-refractivity contribution in [2.24, 2.45) is 11.3 Å². The average Bonchev–Trinajstić information content (AvgIpc) is 2.67. The lowest BCUT2D eigenvalue weighted by atomic mass is 9.84. The molecule has 5 heteroatoms. The molecule has 1 heterocycles. The van der Waals surface area contributed by atoms with E-state index in [9.17, 15) is 9.59 Å². The van der Waals surface area contributed by atoms with Gasteiger partial charge in [-0.1, -0.05) is 47.5 Å². The van der Waals surface area contributed by atoms with Crippen LogP contribution < -0.4 is 10.2 Å². The van der Waals surface area contributed by atoms with Crippen molar-refractivity contribution in [2.75, 3.05) is 36.4 Å². The number of rotatable bonds is 9. The highest BCUT2D eigenvalue weighted by Gasteiger charge is 2.24. The van der Waals surface area contributed by atoms with Crippen molar-refractivity contribution < 1.29 is 9.59 Å². The van der Waals surface area contributed by atoms with Crippen LogP contribution in [0.15, 0.2) is 24.3 Å². The molecule has 0 bridgehead atoms. The standard InChI is InChI=1S/C25H41N3O2/c1-6-7-8-9-23(29)26-21-10-12-22(13-11-21)27-14-16-28(17-15-27)24(30)18-20(2)19-25(3,4)5/h10-13,20H,6-9,14-19H2,1-5H3,(H,26,29)/t20-/m1/s1. The molecule has 0 radical (unpaired) electrons. The van der Waals surface area contributed by atoms with Gasteiger partial charge in [-0.15, -0.1) is 0 Å². The highest BCUT2D eigenvalue weighted by molar-refractivity contribution is 5.90. The fourth-order valence-corrected chi connectivity index (χ4v) is 4.27. The molecular formula is C25H41N3O2. The fraction of sp³-hybridized carbons (Fsp3) is 0.680. The zero-order valence-electron chi connectivity index (χ0n) is 19.7. The Morgan fingerprint density at radius 1 is 1.03 bits per heavy atom. The molecule has 1 saturated heterocycles. The quantitative estimate of drug-likeness (QED) is 0.556. The predicted molar refractivity (Wildman–Crippen MR) is 126 cm³/mol. The topological polar surface area (TPSA) is 52.7 Å². The molecule has 1 N–H and O–H groups in total. The van der Waals surface area contributed by atoms with Crippen LogP contribution in [-0.4, -0.2) is 42.9 Å². The molecule has 0 spiro atoms. The summed E-state index contributed by atoms with van der Waals surface area (Å²) in [4.78, 5) is 28.9. The number of carbonyl (C=O) groups is 2. The number of anilines is 2. The molecule has 0 unspecified atom stereocenters. The minimum absolute atomic E-state index is 0.0871. The molecule has 168 valence electrons. The summed E-state index contributed by atoms with van der Waals surface area (Å²) < 4.78 is 0. The highest BCUT2D eigenvalue weighted by atomic mass is 16.2. The number of unbranched alkanes of at least 4 members (excludes halogenated alkanes) is 2. The van der Waals surface area contributed by atoms with Gasteiger partial charge in [-0.2, -0.15) is 0 Å². The maximum absolute atomic E-state index is 12.6. The number of nitrogens with zero attached hydrogens (tertiary/aromatic N) is 2. The third kappa shape index (κ3) is 8.37. The second kappa shape index (κ2) is 11.4. The van der Waals surface area contributed by atoms with Gasteiger partial charge in [0.05, 0.1) is 0 Å². The Morgan fingerprint density at radius 2 is 1.67 bits per heavy atom. The van der Waals surface area contributed by atoms with Crippen molar-refractivity contribution in [3.8, 4) is 0 Å². The van der Waals surface area contributed by atoms with Crippen LogP contribution in [0.2, 0.25) is 0 Å². The first-order chi connectivity index (χ1) is 14.2. The van der Waals surface area contributed by atoms with Gasteiger partial charge in [0.25, 0.3) is 0 Å². The van der Waals surface area contributed by atoms with Crippen LogP contribution in [0.5, 0.6) is 0 Å². The van der Waals surface area contributed by atoms with Gasteiger partial charge < -0.3 is 15.1 Å². The minimum atomic E-state index is 0.0871. The van der Waals surface area contributed by atoms with Gasteiger partial charge in [0.1, 0.15) is 0 Å². The Kier molecular flexibility index (Phi) is 9.19. The Bertz CT molecular complexity index is 671. The number of piperazine rings is 1. The van der Waals surface area contributed by atoms with E-state index in [1.807, 2.05) is 17.0 Å². The summed E-state index contributed by atoms with van der Waals surface area (Å²) in [6, 6.07) is 8.06. The van der Waals surface area contributed by atoms with E-state index in [1.54, 1.807) is 0 Å². The fourth-order valence-electron chi connectivity index (χ4n) is 4.27. The van der Waals surface area contributed by atoms with Crippen molar-refractivity contribution in [1.29, 1.82) is 0 Å². The molecule has 1 aromatic rings. The summed E-state index contributed by atoms with van der Waals surface area (Å²) in [5.41, 5.74) is 2.26. The van der Waals surface area contributed by atoms with Gasteiger partial charge in [0, 0.05) is 50.4 Å². The third-order valence-electron chi connectivity index (χ3n) is 5.64.